The topological polar surface area (TPSA) is 83.8 Å². The molecule has 8 heteroatoms. The van der Waals surface area contributed by atoms with Crippen LogP contribution in [0, 0.1) is 5.82 Å². The number of carbonyl (C=O) groups excluding carboxylic acids is 1. The highest BCUT2D eigenvalue weighted by atomic mass is 35.5. The third-order valence-corrected chi connectivity index (χ3v) is 6.53. The van der Waals surface area contributed by atoms with Gasteiger partial charge in [0, 0.05) is 18.9 Å². The quantitative estimate of drug-likeness (QED) is 0.487. The molecule has 0 saturated carbocycles. The number of aliphatic imine (C=N–C) groups is 1. The Morgan fingerprint density at radius 3 is 2.63 bits per heavy atom. The number of nitrogens with one attached hydrogen (secondary N) is 1. The number of aliphatic hydroxyl groups excluding tert-OH is 1. The lowest BCUT2D eigenvalue weighted by Gasteiger charge is -2.35. The van der Waals surface area contributed by atoms with Crippen LogP contribution in [0.2, 0.25) is 5.02 Å². The van der Waals surface area contributed by atoms with E-state index in [0.717, 1.165) is 11.1 Å². The maximum absolute atomic E-state index is 13.5. The Kier molecular flexibility index (Phi) is 7.40. The number of allylic oxidation sites excluding steroid dienone is 1. The minimum Gasteiger partial charge on any atom is -0.394 e. The summed E-state index contributed by atoms with van der Waals surface area (Å²) in [5.41, 5.74) is 2.57. The number of hydrogen-bond donors (Lipinski definition) is 2. The molecular weight excluding hydrogens is 469 g/mol. The molecule has 0 spiro atoms. The first kappa shape index (κ1) is 24.7. The summed E-state index contributed by atoms with van der Waals surface area (Å²) in [5, 5.41) is 13.4. The molecule has 3 aromatic rings. The standard InChI is InChI=1S/C27H25ClFN3O3/c1-27(35-2,23-8-3-4-13-30-23)24(16-33)32-26(34)20-6-5-7-21(28)25(20)22-14-18(15-31-22)17-9-11-19(29)12-10-17/h3-14,24,33H,15-16H2,1-2H3,(H,32,34)/t24-,27?/m0/s1. The van der Waals surface area contributed by atoms with Gasteiger partial charge < -0.3 is 15.2 Å². The maximum Gasteiger partial charge on any atom is 0.252 e. The molecule has 1 aliphatic heterocycles. The van der Waals surface area contributed by atoms with Gasteiger partial charge in [0.15, 0.2) is 0 Å². The Hall–Kier alpha value is -3.39. The summed E-state index contributed by atoms with van der Waals surface area (Å²) < 4.78 is 19.0. The number of nitrogens with zero attached hydrogens (tertiary/aromatic N) is 2. The van der Waals surface area contributed by atoms with E-state index in [0.29, 0.717) is 34.1 Å². The van der Waals surface area contributed by atoms with E-state index in [-0.39, 0.29) is 12.4 Å². The molecule has 2 heterocycles. The summed E-state index contributed by atoms with van der Waals surface area (Å²) in [6, 6.07) is 15.8. The molecule has 35 heavy (non-hydrogen) atoms. The second-order valence-electron chi connectivity index (χ2n) is 8.28. The zero-order valence-electron chi connectivity index (χ0n) is 19.3. The molecule has 2 aromatic carbocycles. The van der Waals surface area contributed by atoms with Crippen LogP contribution in [0.1, 0.15) is 34.1 Å². The zero-order chi connectivity index (χ0) is 25.0. The van der Waals surface area contributed by atoms with Crippen molar-refractivity contribution < 1.29 is 19.0 Å². The van der Waals surface area contributed by atoms with Crippen LogP contribution in [0.3, 0.4) is 0 Å². The molecule has 0 saturated heterocycles. The van der Waals surface area contributed by atoms with Gasteiger partial charge >= 0.3 is 0 Å². The monoisotopic (exact) mass is 493 g/mol. The van der Waals surface area contributed by atoms with Gasteiger partial charge in [0.05, 0.1) is 41.2 Å². The first-order valence-corrected chi connectivity index (χ1v) is 11.4. The fourth-order valence-electron chi connectivity index (χ4n) is 4.07. The summed E-state index contributed by atoms with van der Waals surface area (Å²) in [5.74, 6) is -0.752. The van der Waals surface area contributed by atoms with Crippen LogP contribution in [-0.2, 0) is 10.3 Å². The van der Waals surface area contributed by atoms with E-state index < -0.39 is 17.6 Å². The molecule has 2 atom stereocenters. The molecular formula is C27H25ClFN3O3. The number of ether oxygens (including phenoxy) is 1. The van der Waals surface area contributed by atoms with Gasteiger partial charge in [-0.25, -0.2) is 4.39 Å². The fraction of sp³-hybridized carbons (Fsp3) is 0.222. The predicted octanol–water partition coefficient (Wildman–Crippen LogP) is 4.41. The van der Waals surface area contributed by atoms with Gasteiger partial charge in [-0.05, 0) is 60.5 Å². The van der Waals surface area contributed by atoms with Crippen molar-refractivity contribution >= 4 is 28.8 Å². The molecule has 1 aliphatic rings. The SMILES string of the molecule is COC(C)(c1ccccn1)[C@H](CO)NC(=O)c1cccc(Cl)c1C1=NCC(c2ccc(F)cc2)=C1. The average molecular weight is 494 g/mol. The van der Waals surface area contributed by atoms with Crippen LogP contribution in [0.15, 0.2) is 77.9 Å². The van der Waals surface area contributed by atoms with E-state index in [1.165, 1.54) is 19.2 Å². The number of aromatic nitrogens is 1. The van der Waals surface area contributed by atoms with Crippen molar-refractivity contribution in [1.29, 1.82) is 0 Å². The highest BCUT2D eigenvalue weighted by molar-refractivity contribution is 6.37. The molecule has 0 radical (unpaired) electrons. The second kappa shape index (κ2) is 10.5. The van der Waals surface area contributed by atoms with Crippen LogP contribution in [0.4, 0.5) is 4.39 Å². The number of aliphatic hydroxyl groups is 1. The third-order valence-electron chi connectivity index (χ3n) is 6.21. The summed E-state index contributed by atoms with van der Waals surface area (Å²) in [4.78, 5) is 22.4. The fourth-order valence-corrected chi connectivity index (χ4v) is 4.34. The molecule has 0 fully saturated rings. The predicted molar refractivity (Wildman–Crippen MR) is 134 cm³/mol. The molecule has 1 unspecified atom stereocenters. The van der Waals surface area contributed by atoms with Gasteiger partial charge in [0.2, 0.25) is 0 Å². The van der Waals surface area contributed by atoms with E-state index in [4.69, 9.17) is 16.3 Å². The number of pyridine rings is 1. The van der Waals surface area contributed by atoms with Gasteiger partial charge in [0.25, 0.3) is 5.91 Å². The van der Waals surface area contributed by atoms with Crippen LogP contribution >= 0.6 is 11.6 Å². The number of carbonyl (C=O) groups is 1. The summed E-state index contributed by atoms with van der Waals surface area (Å²) in [6.07, 6.45) is 3.48. The Morgan fingerprint density at radius 1 is 1.20 bits per heavy atom. The lowest BCUT2D eigenvalue weighted by molar-refractivity contribution is -0.0464. The van der Waals surface area contributed by atoms with Crippen molar-refractivity contribution in [2.24, 2.45) is 4.99 Å². The number of halogens is 2. The Balaban J connectivity index is 1.64. The third kappa shape index (κ3) is 5.03. The van der Waals surface area contributed by atoms with Gasteiger partial charge in [-0.1, -0.05) is 35.9 Å². The van der Waals surface area contributed by atoms with Crippen LogP contribution in [0.5, 0.6) is 0 Å². The molecule has 1 amide bonds. The van der Waals surface area contributed by atoms with Crippen molar-refractivity contribution in [3.05, 3.63) is 106 Å². The number of hydrogen-bond acceptors (Lipinski definition) is 5. The summed E-state index contributed by atoms with van der Waals surface area (Å²) >= 11 is 6.53. The number of methoxy groups -OCH3 is 1. The minimum absolute atomic E-state index is 0.311. The van der Waals surface area contributed by atoms with E-state index in [1.807, 2.05) is 12.1 Å². The van der Waals surface area contributed by atoms with Gasteiger partial charge in [-0.2, -0.15) is 0 Å². The lowest BCUT2D eigenvalue weighted by Crippen LogP contribution is -2.52. The van der Waals surface area contributed by atoms with Crippen molar-refractivity contribution in [2.75, 3.05) is 20.3 Å². The van der Waals surface area contributed by atoms with Crippen molar-refractivity contribution in [3.63, 3.8) is 0 Å². The van der Waals surface area contributed by atoms with Gasteiger partial charge in [-0.15, -0.1) is 0 Å². The van der Waals surface area contributed by atoms with E-state index in [9.17, 15) is 14.3 Å². The van der Waals surface area contributed by atoms with Crippen molar-refractivity contribution in [3.8, 4) is 0 Å². The molecule has 4 rings (SSSR count). The maximum atomic E-state index is 13.5. The highest BCUT2D eigenvalue weighted by Gasteiger charge is 2.38. The number of rotatable bonds is 8. The first-order chi connectivity index (χ1) is 16.9. The summed E-state index contributed by atoms with van der Waals surface area (Å²) in [7, 11) is 1.50. The van der Waals surface area contributed by atoms with Crippen LogP contribution in [0.25, 0.3) is 5.57 Å². The molecule has 2 N–H and O–H groups in total. The molecule has 180 valence electrons. The van der Waals surface area contributed by atoms with Gasteiger partial charge in [-0.3, -0.25) is 14.8 Å². The zero-order valence-corrected chi connectivity index (χ0v) is 20.1. The smallest absolute Gasteiger partial charge is 0.252 e. The lowest BCUT2D eigenvalue weighted by atomic mass is 9.91. The second-order valence-corrected chi connectivity index (χ2v) is 8.68. The van der Waals surface area contributed by atoms with E-state index >= 15 is 0 Å². The van der Waals surface area contributed by atoms with E-state index in [2.05, 4.69) is 15.3 Å². The first-order valence-electron chi connectivity index (χ1n) is 11.1. The summed E-state index contributed by atoms with van der Waals surface area (Å²) in [6.45, 7) is 1.76. The van der Waals surface area contributed by atoms with Crippen molar-refractivity contribution in [1.82, 2.24) is 10.3 Å². The molecule has 0 aliphatic carbocycles. The van der Waals surface area contributed by atoms with Crippen molar-refractivity contribution in [2.45, 2.75) is 18.6 Å². The van der Waals surface area contributed by atoms with Gasteiger partial charge in [0.1, 0.15) is 11.4 Å². The highest BCUT2D eigenvalue weighted by Crippen LogP contribution is 2.30. The Morgan fingerprint density at radius 2 is 1.97 bits per heavy atom. The van der Waals surface area contributed by atoms with Crippen LogP contribution < -0.4 is 5.32 Å². The number of amides is 1. The Labute approximate surface area is 208 Å². The Bertz CT molecular complexity index is 1280. The normalized spacial score (nSPS) is 15.7. The number of benzene rings is 2. The molecule has 6 nitrogen and oxygen atoms in total. The minimum atomic E-state index is -1.08. The largest absolute Gasteiger partial charge is 0.394 e. The van der Waals surface area contributed by atoms with Crippen LogP contribution in [-0.4, -0.2) is 48.0 Å². The molecule has 1 aromatic heterocycles. The average Bonchev–Trinajstić information content (AvgIpc) is 3.37. The van der Waals surface area contributed by atoms with E-state index in [1.54, 1.807) is 55.6 Å². The molecule has 0 bridgehead atoms.